The van der Waals surface area contributed by atoms with E-state index in [0.29, 0.717) is 6.10 Å². The van der Waals surface area contributed by atoms with Crippen molar-refractivity contribution in [2.24, 2.45) is 0 Å². The molecule has 1 saturated carbocycles. The van der Waals surface area contributed by atoms with Crippen LogP contribution in [0, 0.1) is 0 Å². The average molecular weight is 248 g/mol. The number of hydrogen-bond donors (Lipinski definition) is 1. The van der Waals surface area contributed by atoms with Crippen LogP contribution < -0.4 is 10.1 Å². The minimum absolute atomic E-state index is 0.386. The highest BCUT2D eigenvalue weighted by atomic mass is 16.5. The molecule has 1 heterocycles. The van der Waals surface area contributed by atoms with Gasteiger partial charge in [-0.05, 0) is 50.8 Å². The van der Waals surface area contributed by atoms with E-state index in [4.69, 9.17) is 4.74 Å². The molecule has 0 saturated heterocycles. The van der Waals surface area contributed by atoms with Gasteiger partial charge in [-0.15, -0.1) is 0 Å². The summed E-state index contributed by atoms with van der Waals surface area (Å²) in [7, 11) is 1.97. The van der Waals surface area contributed by atoms with Crippen molar-refractivity contribution >= 4 is 0 Å². The maximum atomic E-state index is 6.01. The Hall–Kier alpha value is -1.09. The summed E-state index contributed by atoms with van der Waals surface area (Å²) in [5.74, 6) is 0.818. The molecule has 0 unspecified atom stereocenters. The maximum absolute atomic E-state index is 6.01. The third kappa shape index (κ3) is 3.70. The fourth-order valence-corrected chi connectivity index (χ4v) is 2.55. The summed E-state index contributed by atoms with van der Waals surface area (Å²) in [4.78, 5) is 4.62. The number of pyridine rings is 1. The van der Waals surface area contributed by atoms with Crippen molar-refractivity contribution in [3.05, 3.63) is 23.4 Å². The molecule has 1 aromatic rings. The minimum Gasteiger partial charge on any atom is -0.474 e. The number of nitrogens with zero attached hydrogens (tertiary/aromatic N) is 1. The van der Waals surface area contributed by atoms with Crippen LogP contribution in [0.2, 0.25) is 0 Å². The van der Waals surface area contributed by atoms with E-state index in [1.807, 2.05) is 7.05 Å². The Morgan fingerprint density at radius 2 is 2.11 bits per heavy atom. The standard InChI is InChI=1S/C15H24N2O/c1-3-6-13-9-12(11-16-2)10-15(17-13)18-14-7-4-5-8-14/h9-10,14,16H,3-8,11H2,1-2H3. The molecule has 2 rings (SSSR count). The molecule has 3 heteroatoms. The fourth-order valence-electron chi connectivity index (χ4n) is 2.55. The van der Waals surface area contributed by atoms with Crippen LogP contribution in [-0.2, 0) is 13.0 Å². The smallest absolute Gasteiger partial charge is 0.214 e. The Morgan fingerprint density at radius 3 is 2.78 bits per heavy atom. The van der Waals surface area contributed by atoms with Gasteiger partial charge < -0.3 is 10.1 Å². The zero-order chi connectivity index (χ0) is 12.8. The van der Waals surface area contributed by atoms with Crippen molar-refractivity contribution < 1.29 is 4.74 Å². The Labute approximate surface area is 110 Å². The van der Waals surface area contributed by atoms with Gasteiger partial charge in [0.2, 0.25) is 5.88 Å². The average Bonchev–Trinajstić information content (AvgIpc) is 2.82. The lowest BCUT2D eigenvalue weighted by Crippen LogP contribution is -2.13. The quantitative estimate of drug-likeness (QED) is 0.840. The van der Waals surface area contributed by atoms with Crippen LogP contribution in [0.3, 0.4) is 0 Å². The van der Waals surface area contributed by atoms with E-state index < -0.39 is 0 Å². The zero-order valence-corrected chi connectivity index (χ0v) is 11.5. The summed E-state index contributed by atoms with van der Waals surface area (Å²) >= 11 is 0. The summed E-state index contributed by atoms with van der Waals surface area (Å²) in [6, 6.07) is 4.26. The maximum Gasteiger partial charge on any atom is 0.214 e. The van der Waals surface area contributed by atoms with Crippen LogP contribution in [0.4, 0.5) is 0 Å². The van der Waals surface area contributed by atoms with Crippen molar-refractivity contribution in [3.8, 4) is 5.88 Å². The molecule has 1 N–H and O–H groups in total. The van der Waals surface area contributed by atoms with Gasteiger partial charge in [-0.25, -0.2) is 4.98 Å². The van der Waals surface area contributed by atoms with Gasteiger partial charge in [-0.3, -0.25) is 0 Å². The van der Waals surface area contributed by atoms with Gasteiger partial charge in [0.25, 0.3) is 0 Å². The van der Waals surface area contributed by atoms with Crippen LogP contribution in [0.25, 0.3) is 0 Å². The summed E-state index contributed by atoms with van der Waals surface area (Å²) in [5, 5.41) is 3.19. The number of hydrogen-bond acceptors (Lipinski definition) is 3. The van der Waals surface area contributed by atoms with E-state index in [1.165, 1.54) is 31.2 Å². The molecule has 1 aliphatic carbocycles. The van der Waals surface area contributed by atoms with Crippen molar-refractivity contribution in [2.75, 3.05) is 7.05 Å². The van der Waals surface area contributed by atoms with E-state index >= 15 is 0 Å². The van der Waals surface area contributed by atoms with Crippen LogP contribution in [0.1, 0.15) is 50.3 Å². The second kappa shape index (κ2) is 6.74. The van der Waals surface area contributed by atoms with E-state index in [1.54, 1.807) is 0 Å². The molecule has 0 bridgehead atoms. The molecule has 1 aliphatic rings. The van der Waals surface area contributed by atoms with E-state index in [-0.39, 0.29) is 0 Å². The second-order valence-corrected chi connectivity index (χ2v) is 5.11. The monoisotopic (exact) mass is 248 g/mol. The first-order chi connectivity index (χ1) is 8.81. The molecule has 0 amide bonds. The Balaban J connectivity index is 2.10. The first kappa shape index (κ1) is 13.3. The summed E-state index contributed by atoms with van der Waals surface area (Å²) in [6.45, 7) is 3.06. The van der Waals surface area contributed by atoms with Crippen molar-refractivity contribution in [3.63, 3.8) is 0 Å². The molecule has 1 fully saturated rings. The molecule has 18 heavy (non-hydrogen) atoms. The van der Waals surface area contributed by atoms with E-state index in [0.717, 1.165) is 31.0 Å². The number of ether oxygens (including phenoxy) is 1. The largest absolute Gasteiger partial charge is 0.474 e. The zero-order valence-electron chi connectivity index (χ0n) is 11.5. The lowest BCUT2D eigenvalue weighted by Gasteiger charge is -2.14. The molecule has 100 valence electrons. The van der Waals surface area contributed by atoms with E-state index in [2.05, 4.69) is 29.4 Å². The summed E-state index contributed by atoms with van der Waals surface area (Å²) < 4.78 is 6.01. The normalized spacial score (nSPS) is 16.1. The first-order valence-corrected chi connectivity index (χ1v) is 7.13. The highest BCUT2D eigenvalue weighted by Crippen LogP contribution is 2.24. The highest BCUT2D eigenvalue weighted by Gasteiger charge is 2.17. The fraction of sp³-hybridized carbons (Fsp3) is 0.667. The van der Waals surface area contributed by atoms with Gasteiger partial charge in [0, 0.05) is 18.3 Å². The third-order valence-electron chi connectivity index (χ3n) is 3.39. The number of nitrogens with one attached hydrogen (secondary N) is 1. The minimum atomic E-state index is 0.386. The summed E-state index contributed by atoms with van der Waals surface area (Å²) in [6.07, 6.45) is 7.49. The Kier molecular flexibility index (Phi) is 5.00. The highest BCUT2D eigenvalue weighted by molar-refractivity contribution is 5.25. The van der Waals surface area contributed by atoms with Gasteiger partial charge in [0.1, 0.15) is 6.10 Å². The lowest BCUT2D eigenvalue weighted by atomic mass is 10.1. The number of aryl methyl sites for hydroxylation is 1. The van der Waals surface area contributed by atoms with Crippen LogP contribution >= 0.6 is 0 Å². The van der Waals surface area contributed by atoms with Crippen LogP contribution in [0.15, 0.2) is 12.1 Å². The number of rotatable bonds is 6. The Bertz CT molecular complexity index is 349. The van der Waals surface area contributed by atoms with Gasteiger partial charge in [0.15, 0.2) is 0 Å². The van der Waals surface area contributed by atoms with Crippen molar-refractivity contribution in [1.82, 2.24) is 10.3 Å². The third-order valence-corrected chi connectivity index (χ3v) is 3.39. The SMILES string of the molecule is CCCc1cc(CNC)cc(OC2CCCC2)n1. The van der Waals surface area contributed by atoms with Gasteiger partial charge >= 0.3 is 0 Å². The molecular formula is C15H24N2O. The summed E-state index contributed by atoms with van der Waals surface area (Å²) in [5.41, 5.74) is 2.42. The molecule has 1 aromatic heterocycles. The molecule has 3 nitrogen and oxygen atoms in total. The van der Waals surface area contributed by atoms with Gasteiger partial charge in [-0.1, -0.05) is 13.3 Å². The first-order valence-electron chi connectivity index (χ1n) is 7.13. The van der Waals surface area contributed by atoms with Gasteiger partial charge in [0.05, 0.1) is 0 Å². The van der Waals surface area contributed by atoms with Crippen molar-refractivity contribution in [2.45, 2.75) is 58.1 Å². The molecule has 0 spiro atoms. The number of aromatic nitrogens is 1. The molecule has 0 aromatic carbocycles. The molecule has 0 aliphatic heterocycles. The molecule has 0 radical (unpaired) electrons. The van der Waals surface area contributed by atoms with E-state index in [9.17, 15) is 0 Å². The predicted octanol–water partition coefficient (Wildman–Crippen LogP) is 3.07. The predicted molar refractivity (Wildman–Crippen MR) is 73.9 cm³/mol. The molecule has 0 atom stereocenters. The topological polar surface area (TPSA) is 34.1 Å². The second-order valence-electron chi connectivity index (χ2n) is 5.11. The Morgan fingerprint density at radius 1 is 1.33 bits per heavy atom. The van der Waals surface area contributed by atoms with Crippen LogP contribution in [-0.4, -0.2) is 18.1 Å². The van der Waals surface area contributed by atoms with Gasteiger partial charge in [-0.2, -0.15) is 0 Å². The lowest BCUT2D eigenvalue weighted by molar-refractivity contribution is 0.200. The molecular weight excluding hydrogens is 224 g/mol. The van der Waals surface area contributed by atoms with Crippen molar-refractivity contribution in [1.29, 1.82) is 0 Å². The van der Waals surface area contributed by atoms with Crippen LogP contribution in [0.5, 0.6) is 5.88 Å².